The number of ether oxygens (including phenoxy) is 1. The van der Waals surface area contributed by atoms with Crippen molar-refractivity contribution in [2.24, 2.45) is 5.41 Å². The monoisotopic (exact) mass is 734 g/mol. The number of carbonyl (C=O) groups is 1. The van der Waals surface area contributed by atoms with Gasteiger partial charge in [0, 0.05) is 24.1 Å². The molecule has 3 N–H and O–H groups in total. The van der Waals surface area contributed by atoms with E-state index in [-0.39, 0.29) is 27.0 Å². The van der Waals surface area contributed by atoms with Crippen LogP contribution < -0.4 is 5.32 Å². The second-order valence-corrected chi connectivity index (χ2v) is 29.1. The van der Waals surface area contributed by atoms with Crippen LogP contribution in [0.5, 0.6) is 0 Å². The van der Waals surface area contributed by atoms with Gasteiger partial charge in [0.1, 0.15) is 11.8 Å². The molecule has 1 amide bonds. The van der Waals surface area contributed by atoms with Gasteiger partial charge in [-0.3, -0.25) is 4.79 Å². The summed E-state index contributed by atoms with van der Waals surface area (Å²) in [4.78, 5) is 20.2. The van der Waals surface area contributed by atoms with Gasteiger partial charge in [-0.2, -0.15) is 5.26 Å². The molecule has 0 spiro atoms. The zero-order chi connectivity index (χ0) is 37.9. The van der Waals surface area contributed by atoms with Gasteiger partial charge in [-0.15, -0.1) is 0 Å². The van der Waals surface area contributed by atoms with Crippen molar-refractivity contribution in [3.8, 4) is 6.07 Å². The Bertz CT molecular complexity index is 1660. The van der Waals surface area contributed by atoms with Gasteiger partial charge < -0.3 is 29.0 Å². The van der Waals surface area contributed by atoms with Gasteiger partial charge in [-0.1, -0.05) is 67.5 Å². The molecule has 280 valence electrons. The van der Waals surface area contributed by atoms with Crippen molar-refractivity contribution < 1.29 is 23.5 Å². The van der Waals surface area contributed by atoms with Crippen LogP contribution in [0.4, 0.5) is 5.69 Å². The lowest BCUT2D eigenvalue weighted by atomic mass is 9.74. The van der Waals surface area contributed by atoms with E-state index in [4.69, 9.17) is 13.6 Å². The zero-order valence-corrected chi connectivity index (χ0v) is 35.2. The lowest BCUT2D eigenvalue weighted by Crippen LogP contribution is -2.57. The van der Waals surface area contributed by atoms with Crippen molar-refractivity contribution in [3.05, 3.63) is 53.1 Å². The molecule has 1 aromatic carbocycles. The average molecular weight is 735 g/mol. The quantitative estimate of drug-likeness (QED) is 0.207. The summed E-state index contributed by atoms with van der Waals surface area (Å²) >= 11 is 0. The fourth-order valence-corrected chi connectivity index (χ4v) is 9.28. The minimum absolute atomic E-state index is 0.0407. The number of aliphatic hydroxyl groups is 1. The Kier molecular flexibility index (Phi) is 10.4. The van der Waals surface area contributed by atoms with Gasteiger partial charge in [0.25, 0.3) is 5.91 Å². The molecular formula is C40H62N4O5Si2. The topological polar surface area (TPSA) is 129 Å². The van der Waals surface area contributed by atoms with Gasteiger partial charge in [0.15, 0.2) is 22.5 Å². The molecule has 1 unspecified atom stereocenters. The Balaban J connectivity index is 1.55. The number of imidazole rings is 1. The minimum atomic E-state index is -2.11. The van der Waals surface area contributed by atoms with E-state index in [1.54, 1.807) is 0 Å². The maximum absolute atomic E-state index is 13.3. The number of nitrogens with zero attached hydrogens (tertiary/aromatic N) is 2. The van der Waals surface area contributed by atoms with Crippen molar-refractivity contribution in [2.45, 2.75) is 153 Å². The standard InChI is InChI=1S/C40H62N4O5Si2/c1-35(2,3)50(9,10)47-26-38-19-20-39(49-38,27-48-51(11,12)36(4,5)6)25-40(46,24-38)29-13-14-32(44-34(45)33-42-23-30(22-41)43-33)31(21-29)28-15-17-37(7,8)18-16-28/h13-15,21,23,46H,16-20,24-27H2,1-12H3,(H,42,43)(H,44,45)/t38-,39+,40?. The Morgan fingerprint density at radius 1 is 1.00 bits per heavy atom. The summed E-state index contributed by atoms with van der Waals surface area (Å²) in [5.41, 5.74) is 1.40. The molecule has 2 aromatic rings. The van der Waals surface area contributed by atoms with E-state index in [2.05, 4.69) is 109 Å². The number of hydrogen-bond donors (Lipinski definition) is 3. The number of fused-ring (bicyclic) bond motifs is 2. The summed E-state index contributed by atoms with van der Waals surface area (Å²) in [7, 11) is -4.22. The third-order valence-electron chi connectivity index (χ3n) is 12.7. The fourth-order valence-electron chi connectivity index (χ4n) is 7.17. The van der Waals surface area contributed by atoms with Gasteiger partial charge in [0.05, 0.1) is 36.2 Å². The first-order valence-electron chi connectivity index (χ1n) is 18.6. The van der Waals surface area contributed by atoms with Crippen LogP contribution in [0.3, 0.4) is 0 Å². The van der Waals surface area contributed by atoms with Crippen LogP contribution in [0.25, 0.3) is 5.57 Å². The van der Waals surface area contributed by atoms with E-state index >= 15 is 0 Å². The first-order valence-corrected chi connectivity index (χ1v) is 24.5. The summed E-state index contributed by atoms with van der Waals surface area (Å²) in [5.74, 6) is -0.346. The van der Waals surface area contributed by atoms with E-state index in [1.165, 1.54) is 6.20 Å². The summed E-state index contributed by atoms with van der Waals surface area (Å²) in [6.07, 6.45) is 8.83. The number of rotatable bonds is 10. The van der Waals surface area contributed by atoms with E-state index in [9.17, 15) is 15.2 Å². The van der Waals surface area contributed by atoms with Crippen molar-refractivity contribution in [1.29, 1.82) is 5.26 Å². The van der Waals surface area contributed by atoms with E-state index < -0.39 is 39.3 Å². The lowest BCUT2D eigenvalue weighted by Gasteiger charge is -2.50. The first-order chi connectivity index (χ1) is 23.3. The third-order valence-corrected chi connectivity index (χ3v) is 21.7. The maximum atomic E-state index is 13.3. The van der Waals surface area contributed by atoms with Crippen molar-refractivity contribution in [3.63, 3.8) is 0 Å². The number of aromatic amines is 1. The Labute approximate surface area is 308 Å². The second-order valence-electron chi connectivity index (χ2n) is 19.5. The summed E-state index contributed by atoms with van der Waals surface area (Å²) < 4.78 is 20.9. The number of benzene rings is 1. The number of anilines is 1. The number of nitriles is 1. The number of H-pyrrole nitrogens is 1. The van der Waals surface area contributed by atoms with Crippen LogP contribution in [0.1, 0.15) is 128 Å². The normalized spacial score (nSPS) is 26.8. The maximum Gasteiger partial charge on any atom is 0.291 e. The average Bonchev–Trinajstić information content (AvgIpc) is 3.61. The number of hydrogen-bond acceptors (Lipinski definition) is 7. The molecule has 1 aromatic heterocycles. The molecular weight excluding hydrogens is 673 g/mol. The van der Waals surface area contributed by atoms with Crippen LogP contribution in [-0.2, 0) is 19.2 Å². The summed E-state index contributed by atoms with van der Waals surface area (Å²) in [5, 5.41) is 25.4. The number of nitrogens with one attached hydrogen (secondary N) is 2. The molecule has 3 aliphatic rings. The molecule has 3 atom stereocenters. The van der Waals surface area contributed by atoms with Gasteiger partial charge in [0.2, 0.25) is 0 Å². The Morgan fingerprint density at radius 2 is 1.57 bits per heavy atom. The molecule has 0 radical (unpaired) electrons. The highest BCUT2D eigenvalue weighted by Gasteiger charge is 2.61. The lowest BCUT2D eigenvalue weighted by molar-refractivity contribution is -0.228. The van der Waals surface area contributed by atoms with Crippen LogP contribution in [0.15, 0.2) is 30.5 Å². The molecule has 2 aliphatic heterocycles. The molecule has 2 fully saturated rings. The second kappa shape index (κ2) is 13.4. The molecule has 11 heteroatoms. The molecule has 2 saturated heterocycles. The van der Waals surface area contributed by atoms with Crippen LogP contribution >= 0.6 is 0 Å². The number of carbonyl (C=O) groups excluding carboxylic acids is 1. The third kappa shape index (κ3) is 8.32. The van der Waals surface area contributed by atoms with Crippen molar-refractivity contribution in [1.82, 2.24) is 9.97 Å². The van der Waals surface area contributed by atoms with E-state index in [0.717, 1.165) is 48.8 Å². The first kappa shape index (κ1) is 39.6. The van der Waals surface area contributed by atoms with Crippen molar-refractivity contribution in [2.75, 3.05) is 18.5 Å². The molecule has 1 aliphatic carbocycles. The molecule has 0 saturated carbocycles. The summed E-state index contributed by atoms with van der Waals surface area (Å²) in [6.45, 7) is 28.0. The number of amides is 1. The highest BCUT2D eigenvalue weighted by molar-refractivity contribution is 6.74. The molecule has 5 rings (SSSR count). The fraction of sp³-hybridized carbons (Fsp3) is 0.675. The summed E-state index contributed by atoms with van der Waals surface area (Å²) in [6, 6.07) is 7.93. The molecule has 9 nitrogen and oxygen atoms in total. The Morgan fingerprint density at radius 3 is 2.04 bits per heavy atom. The van der Waals surface area contributed by atoms with Gasteiger partial charge >= 0.3 is 0 Å². The van der Waals surface area contributed by atoms with E-state index in [1.807, 2.05) is 18.2 Å². The van der Waals surface area contributed by atoms with E-state index in [0.29, 0.717) is 31.7 Å². The SMILES string of the molecule is CC1(C)CC=C(c2cc(C3(O)C[C@@]4(CO[Si](C)(C)C(C)(C)C)CC[C@@](CO[Si](C)(C)C(C)(C)C)(C3)O4)ccc2NC(=O)c2ncc(C#N)[nH]2)CC1. The highest BCUT2D eigenvalue weighted by Crippen LogP contribution is 2.57. The van der Waals surface area contributed by atoms with Gasteiger partial charge in [-0.25, -0.2) is 4.98 Å². The minimum Gasteiger partial charge on any atom is -0.414 e. The van der Waals surface area contributed by atoms with Crippen LogP contribution in [0.2, 0.25) is 36.3 Å². The van der Waals surface area contributed by atoms with Crippen LogP contribution in [0, 0.1) is 16.7 Å². The predicted molar refractivity (Wildman–Crippen MR) is 209 cm³/mol. The largest absolute Gasteiger partial charge is 0.414 e. The van der Waals surface area contributed by atoms with Crippen LogP contribution in [-0.4, -0.2) is 62.0 Å². The smallest absolute Gasteiger partial charge is 0.291 e. The Hall–Kier alpha value is -2.60. The van der Waals surface area contributed by atoms with Gasteiger partial charge in [-0.05, 0) is 97.1 Å². The molecule has 3 heterocycles. The number of aromatic nitrogens is 2. The predicted octanol–water partition coefficient (Wildman–Crippen LogP) is 9.44. The zero-order valence-electron chi connectivity index (χ0n) is 33.2. The number of allylic oxidation sites excluding steroid dienone is 2. The highest BCUT2D eigenvalue weighted by atomic mass is 28.4. The molecule has 2 bridgehead atoms. The molecule has 51 heavy (non-hydrogen) atoms. The van der Waals surface area contributed by atoms with Crippen molar-refractivity contribution >= 4 is 33.8 Å².